The summed E-state index contributed by atoms with van der Waals surface area (Å²) in [7, 11) is 0. The molecule has 5 radical (unpaired) electrons. The van der Waals surface area contributed by atoms with Crippen molar-refractivity contribution in [2.75, 3.05) is 0 Å². The summed E-state index contributed by atoms with van der Waals surface area (Å²) in [5.41, 5.74) is 26.6. The van der Waals surface area contributed by atoms with Crippen molar-refractivity contribution >= 4 is 66.5 Å². The zero-order chi connectivity index (χ0) is 101. The summed E-state index contributed by atoms with van der Waals surface area (Å²) < 4.78 is 26.8. The van der Waals surface area contributed by atoms with Gasteiger partial charge in [-0.15, -0.1) is 147 Å². The van der Waals surface area contributed by atoms with Gasteiger partial charge < -0.3 is 30.4 Å². The van der Waals surface area contributed by atoms with Gasteiger partial charge in [-0.1, -0.05) is 268 Å². The molecular weight excluding hydrogens is 2700 g/mol. The van der Waals surface area contributed by atoms with Gasteiger partial charge in [0.25, 0.3) is 0 Å². The molecular formula is C122H109F2Ir5N8O8-5. The number of nitrogens with zero attached hydrogens (tertiary/aromatic N) is 8. The fourth-order valence-electron chi connectivity index (χ4n) is 15.1. The van der Waals surface area contributed by atoms with Crippen LogP contribution in [-0.2, 0) is 125 Å². The molecule has 6 aromatic heterocycles. The zero-order valence-corrected chi connectivity index (χ0v) is 95.1. The molecule has 12 aromatic carbocycles. The van der Waals surface area contributed by atoms with Gasteiger partial charge in [-0.25, -0.2) is 19.3 Å². The van der Waals surface area contributed by atoms with Crippen LogP contribution in [0, 0.1) is 90.4 Å². The Morgan fingerprint density at radius 1 is 0.324 bits per heavy atom. The standard InChI is InChI=1S/C28H21N4.C24H18N.C18H15FN.C16H11FN.C16H12N.4C5H8O2.5Ir/c1-19-6-10-22(11-7-19)26-30-27(23-12-8-20(2)9-13-23)32-28(31-26)24-16-14-21(15-17-24)25-5-3-4-18-29-25;1-24(2)20-9-5-4-8-18(20)19-13-11-17(15-21(19)24)23-14-12-16-7-3-6-10-22(16)25-23;1-11-6-12(2)8-15(7-11)17-5-4-14-10-16(19)13(3)9-18(14)20-17;1-11-10-13(6-7-15(11)17)16-14-5-3-2-4-12(14)8-9-18-16;1-12-10-13-6-2-3-7-14(13)11-15(12)16-8-4-5-9-17-16;4*1-4(6)3-5(2)7;;;;;/h3-14,16-18H,1-2H3;3-10,12-15H,1-2H3;4-7,9-10H,1-3H3;2-5,7-10H,1H3;2-10H,1H3;4*3,6H,1-2H3;;;;;/q5*-1;;;;;;;;;. The number of aliphatic hydroxyl groups excluding tert-OH is 4. The summed E-state index contributed by atoms with van der Waals surface area (Å²) in [6.07, 6.45) is 10.0. The van der Waals surface area contributed by atoms with Gasteiger partial charge >= 0.3 is 0 Å². The average molecular weight is 2810 g/mol. The van der Waals surface area contributed by atoms with Gasteiger partial charge in [0, 0.05) is 171 Å². The summed E-state index contributed by atoms with van der Waals surface area (Å²) >= 11 is 0. The monoisotopic (exact) mass is 2820 g/mol. The van der Waals surface area contributed by atoms with E-state index in [1.54, 1.807) is 38.4 Å². The Balaban J connectivity index is 0.000000261. The molecule has 749 valence electrons. The molecule has 16 nitrogen and oxygen atoms in total. The van der Waals surface area contributed by atoms with Crippen molar-refractivity contribution in [2.45, 2.75) is 123 Å². The minimum Gasteiger partial charge on any atom is -0.512 e. The van der Waals surface area contributed by atoms with Crippen LogP contribution in [0.15, 0.2) is 351 Å². The number of para-hydroxylation sites is 1. The SMILES string of the molecule is CC(=O)C=C(C)O.CC(=O)C=C(C)O.CC(=O)C=C(C)O.CC(=O)C=C(C)O.CC1(C)c2ccccc2-c2c[c-]c(-c3ccc4ccccc4n3)cc21.Cc1[c-]c(-c2ccc3cc(F)c(C)cc3n2)cc(C)c1.Cc1cc(-c2nccc3ccccc23)[c-]cc1F.Cc1cc2ccccc2[c-]c1-c1ccccn1.Cc1ccc(-c2nc(-c3c[c-]c(-c4ccccn4)cc3)nc(-c3ccc(C)cc3)n2)cc1.[Ir].[Ir].[Ir].[Ir].[Ir]. The van der Waals surface area contributed by atoms with Gasteiger partial charge in [-0.05, 0) is 168 Å². The van der Waals surface area contributed by atoms with Gasteiger partial charge in [0.2, 0.25) is 0 Å². The van der Waals surface area contributed by atoms with Crippen LogP contribution in [0.1, 0.15) is 119 Å². The van der Waals surface area contributed by atoms with E-state index in [0.717, 1.165) is 111 Å². The zero-order valence-electron chi connectivity index (χ0n) is 83.1. The second kappa shape index (κ2) is 57.8. The minimum atomic E-state index is -0.237. The minimum absolute atomic E-state index is 0. The van der Waals surface area contributed by atoms with Crippen molar-refractivity contribution in [1.82, 2.24) is 39.9 Å². The van der Waals surface area contributed by atoms with E-state index in [1.165, 1.54) is 147 Å². The Kier molecular flexibility index (Phi) is 47.8. The molecule has 6 heterocycles. The third-order valence-corrected chi connectivity index (χ3v) is 21.6. The molecule has 0 saturated heterocycles. The van der Waals surface area contributed by atoms with E-state index >= 15 is 0 Å². The summed E-state index contributed by atoms with van der Waals surface area (Å²) in [5, 5.41) is 40.0. The molecule has 0 fully saturated rings. The first kappa shape index (κ1) is 120. The van der Waals surface area contributed by atoms with Crippen LogP contribution in [0.2, 0.25) is 0 Å². The Bertz CT molecular complexity index is 7400. The third kappa shape index (κ3) is 35.4. The molecule has 4 N–H and O–H groups in total. The maximum atomic E-state index is 13.5. The average Bonchev–Trinajstić information content (AvgIpc) is 1.58. The second-order valence-electron chi connectivity index (χ2n) is 34.2. The quantitative estimate of drug-likeness (QED) is 0.0504. The predicted octanol–water partition coefficient (Wildman–Crippen LogP) is 29.4. The summed E-state index contributed by atoms with van der Waals surface area (Å²) in [4.78, 5) is 77.1. The molecule has 0 saturated carbocycles. The fourth-order valence-corrected chi connectivity index (χ4v) is 15.1. The summed E-state index contributed by atoms with van der Waals surface area (Å²) in [6.45, 7) is 29.8. The number of ketones is 4. The maximum absolute atomic E-state index is 13.5. The van der Waals surface area contributed by atoms with Crippen LogP contribution in [0.5, 0.6) is 0 Å². The number of pyridine rings is 5. The van der Waals surface area contributed by atoms with Gasteiger partial charge in [0.15, 0.2) is 34.8 Å². The van der Waals surface area contributed by atoms with Crippen molar-refractivity contribution in [1.29, 1.82) is 0 Å². The van der Waals surface area contributed by atoms with Crippen LogP contribution >= 0.6 is 0 Å². The molecule has 23 heteroatoms. The normalized spacial score (nSPS) is 11.2. The molecule has 0 aliphatic heterocycles. The van der Waals surface area contributed by atoms with E-state index in [1.807, 2.05) is 153 Å². The van der Waals surface area contributed by atoms with Gasteiger partial charge in [0.05, 0.1) is 34.1 Å². The molecule has 1 aliphatic rings. The Morgan fingerprint density at radius 3 is 1.33 bits per heavy atom. The number of benzene rings is 12. The number of allylic oxidation sites excluding steroid dienone is 8. The topological polar surface area (TPSA) is 252 Å². The van der Waals surface area contributed by atoms with Crippen molar-refractivity contribution in [3.63, 3.8) is 0 Å². The molecule has 0 unspecified atom stereocenters. The van der Waals surface area contributed by atoms with E-state index in [-0.39, 0.29) is 164 Å². The molecule has 0 bridgehead atoms. The van der Waals surface area contributed by atoms with E-state index in [9.17, 15) is 28.0 Å². The first-order valence-corrected chi connectivity index (χ1v) is 45.2. The first-order valence-electron chi connectivity index (χ1n) is 45.2. The number of fused-ring (bicyclic) bond motifs is 7. The largest absolute Gasteiger partial charge is 0.512 e. The molecule has 19 rings (SSSR count). The van der Waals surface area contributed by atoms with Gasteiger partial charge in [-0.3, -0.25) is 38.5 Å². The van der Waals surface area contributed by atoms with E-state index in [2.05, 4.69) is 213 Å². The number of rotatable bonds is 12. The Hall–Kier alpha value is -13.6. The maximum Gasteiger partial charge on any atom is 0.163 e. The summed E-state index contributed by atoms with van der Waals surface area (Å²) in [6, 6.07) is 111. The van der Waals surface area contributed by atoms with Crippen molar-refractivity contribution < 1.29 is 149 Å². The third-order valence-electron chi connectivity index (χ3n) is 21.6. The number of aromatic nitrogens is 8. The first-order chi connectivity index (χ1) is 66.9. The van der Waals surface area contributed by atoms with E-state index < -0.39 is 0 Å². The molecule has 18 aromatic rings. The number of hydrogen-bond acceptors (Lipinski definition) is 16. The number of hydrogen-bond donors (Lipinski definition) is 4. The summed E-state index contributed by atoms with van der Waals surface area (Å²) in [5.74, 6) is 1.25. The molecule has 0 spiro atoms. The fraction of sp³-hybridized carbons (Fsp3) is 0.148. The predicted molar refractivity (Wildman–Crippen MR) is 561 cm³/mol. The number of carbonyl (C=O) groups excluding carboxylic acids is 4. The number of halogens is 2. The van der Waals surface area contributed by atoms with Crippen molar-refractivity contribution in [2.24, 2.45) is 0 Å². The number of carbonyl (C=O) groups is 4. The van der Waals surface area contributed by atoms with Crippen LogP contribution in [-0.4, -0.2) is 83.4 Å². The van der Waals surface area contributed by atoms with Crippen LogP contribution in [0.3, 0.4) is 0 Å². The Morgan fingerprint density at radius 2 is 0.800 bits per heavy atom. The van der Waals surface area contributed by atoms with Crippen LogP contribution < -0.4 is 0 Å². The number of aryl methyl sites for hydroxylation is 7. The molecule has 1 aliphatic carbocycles. The smallest absolute Gasteiger partial charge is 0.163 e. The van der Waals surface area contributed by atoms with Crippen molar-refractivity contribution in [3.8, 4) is 102 Å². The van der Waals surface area contributed by atoms with Gasteiger partial charge in [0.1, 0.15) is 11.6 Å². The van der Waals surface area contributed by atoms with E-state index in [4.69, 9.17) is 40.4 Å². The molecule has 0 amide bonds. The van der Waals surface area contributed by atoms with Crippen LogP contribution in [0.25, 0.3) is 145 Å². The molecule has 145 heavy (non-hydrogen) atoms. The molecule has 0 atom stereocenters. The second-order valence-corrected chi connectivity index (χ2v) is 34.2. The number of aliphatic hydroxyl groups is 4. The van der Waals surface area contributed by atoms with Gasteiger partial charge in [-0.2, -0.15) is 0 Å². The van der Waals surface area contributed by atoms with Crippen molar-refractivity contribution in [3.05, 3.63) is 443 Å². The van der Waals surface area contributed by atoms with E-state index in [0.29, 0.717) is 28.6 Å². The Labute approximate surface area is 914 Å². The van der Waals surface area contributed by atoms with Crippen LogP contribution in [0.4, 0.5) is 8.78 Å².